The molecular weight excluding hydrogens is 184 g/mol. The van der Waals surface area contributed by atoms with Gasteiger partial charge in [0.15, 0.2) is 0 Å². The van der Waals surface area contributed by atoms with Crippen LogP contribution in [0, 0.1) is 5.92 Å². The highest BCUT2D eigenvalue weighted by Crippen LogP contribution is 2.05. The van der Waals surface area contributed by atoms with Crippen molar-refractivity contribution < 1.29 is 0 Å². The summed E-state index contributed by atoms with van der Waals surface area (Å²) in [5, 5.41) is 2.21. The molecule has 0 heterocycles. The van der Waals surface area contributed by atoms with Crippen molar-refractivity contribution in [3.63, 3.8) is 0 Å². The van der Waals surface area contributed by atoms with E-state index in [-0.39, 0.29) is 0 Å². The SMILES string of the molecule is CC(C)C[Si]c1ccccc1Cl. The molecule has 0 bridgehead atoms. The van der Waals surface area contributed by atoms with Crippen LogP contribution in [0.5, 0.6) is 0 Å². The minimum atomic E-state index is 0.764. The van der Waals surface area contributed by atoms with Gasteiger partial charge in [-0.2, -0.15) is 0 Å². The summed E-state index contributed by atoms with van der Waals surface area (Å²) in [6.07, 6.45) is 0. The van der Waals surface area contributed by atoms with Gasteiger partial charge in [0.05, 0.1) is 9.52 Å². The van der Waals surface area contributed by atoms with Gasteiger partial charge in [0.1, 0.15) is 0 Å². The van der Waals surface area contributed by atoms with E-state index in [0.717, 1.165) is 20.5 Å². The van der Waals surface area contributed by atoms with Gasteiger partial charge >= 0.3 is 0 Å². The monoisotopic (exact) mass is 196 g/mol. The van der Waals surface area contributed by atoms with E-state index in [1.165, 1.54) is 11.2 Å². The molecule has 0 amide bonds. The molecule has 1 aromatic carbocycles. The topological polar surface area (TPSA) is 0 Å². The number of benzene rings is 1. The van der Waals surface area contributed by atoms with Crippen LogP contribution in [0.3, 0.4) is 0 Å². The zero-order valence-corrected chi connectivity index (χ0v) is 9.23. The Hall–Kier alpha value is -0.273. The van der Waals surface area contributed by atoms with Gasteiger partial charge in [0, 0.05) is 5.02 Å². The van der Waals surface area contributed by atoms with Crippen LogP contribution in [-0.4, -0.2) is 9.52 Å². The number of hydrogen-bond acceptors (Lipinski definition) is 0. The van der Waals surface area contributed by atoms with E-state index < -0.39 is 0 Å². The first kappa shape index (κ1) is 9.81. The quantitative estimate of drug-likeness (QED) is 0.653. The van der Waals surface area contributed by atoms with E-state index in [4.69, 9.17) is 11.6 Å². The molecule has 0 saturated heterocycles. The van der Waals surface area contributed by atoms with Crippen molar-refractivity contribution in [3.8, 4) is 0 Å². The van der Waals surface area contributed by atoms with E-state index in [1.54, 1.807) is 0 Å². The number of hydrogen-bond donors (Lipinski definition) is 0. The van der Waals surface area contributed by atoms with Crippen LogP contribution in [0.1, 0.15) is 13.8 Å². The van der Waals surface area contributed by atoms with E-state index >= 15 is 0 Å². The highest BCUT2D eigenvalue weighted by molar-refractivity contribution is 6.58. The van der Waals surface area contributed by atoms with Gasteiger partial charge in [-0.05, 0) is 17.2 Å². The van der Waals surface area contributed by atoms with Crippen molar-refractivity contribution in [2.75, 3.05) is 0 Å². The van der Waals surface area contributed by atoms with Crippen molar-refractivity contribution in [1.82, 2.24) is 0 Å². The minimum Gasteiger partial charge on any atom is -0.0845 e. The van der Waals surface area contributed by atoms with Gasteiger partial charge in [-0.3, -0.25) is 0 Å². The van der Waals surface area contributed by atoms with Crippen LogP contribution in [0.2, 0.25) is 11.1 Å². The summed E-state index contributed by atoms with van der Waals surface area (Å²) in [5.74, 6) is 0.764. The molecule has 0 nitrogen and oxygen atoms in total. The smallest absolute Gasteiger partial charge is 0.0831 e. The lowest BCUT2D eigenvalue weighted by Gasteiger charge is -2.04. The first-order valence-corrected chi connectivity index (χ1v) is 5.77. The predicted molar refractivity (Wildman–Crippen MR) is 56.5 cm³/mol. The van der Waals surface area contributed by atoms with Crippen molar-refractivity contribution in [1.29, 1.82) is 0 Å². The van der Waals surface area contributed by atoms with E-state index in [9.17, 15) is 0 Å². The summed E-state index contributed by atoms with van der Waals surface area (Å²) in [4.78, 5) is 0. The zero-order chi connectivity index (χ0) is 8.97. The summed E-state index contributed by atoms with van der Waals surface area (Å²) < 4.78 is 0. The lowest BCUT2D eigenvalue weighted by Crippen LogP contribution is -2.16. The van der Waals surface area contributed by atoms with Crippen LogP contribution < -0.4 is 5.19 Å². The molecule has 0 aromatic heterocycles. The highest BCUT2D eigenvalue weighted by Gasteiger charge is 2.01. The third-order valence-corrected chi connectivity index (χ3v) is 3.90. The third kappa shape index (κ3) is 3.00. The zero-order valence-electron chi connectivity index (χ0n) is 7.47. The molecule has 0 fully saturated rings. The van der Waals surface area contributed by atoms with E-state index in [2.05, 4.69) is 26.0 Å². The fourth-order valence-corrected chi connectivity index (χ4v) is 2.35. The predicted octanol–water partition coefficient (Wildman–Crippen LogP) is 2.74. The molecular formula is C10H13ClSi. The first-order valence-electron chi connectivity index (χ1n) is 4.18. The second-order valence-electron chi connectivity index (χ2n) is 3.25. The van der Waals surface area contributed by atoms with Crippen molar-refractivity contribution in [2.24, 2.45) is 5.92 Å². The normalized spacial score (nSPS) is 10.7. The Morgan fingerprint density at radius 3 is 2.58 bits per heavy atom. The molecule has 0 aliphatic rings. The Bertz CT molecular complexity index is 245. The van der Waals surface area contributed by atoms with Gasteiger partial charge in [0.2, 0.25) is 0 Å². The molecule has 2 heteroatoms. The van der Waals surface area contributed by atoms with Crippen molar-refractivity contribution in [2.45, 2.75) is 19.9 Å². The Kier molecular flexibility index (Phi) is 3.83. The Balaban J connectivity index is 2.57. The average Bonchev–Trinajstić information content (AvgIpc) is 2.03. The number of rotatable bonds is 3. The molecule has 0 spiro atoms. The Morgan fingerprint density at radius 1 is 1.33 bits per heavy atom. The van der Waals surface area contributed by atoms with Gasteiger partial charge in [0.25, 0.3) is 0 Å². The molecule has 12 heavy (non-hydrogen) atoms. The lowest BCUT2D eigenvalue weighted by atomic mass is 10.3. The standard InChI is InChI=1S/C10H13ClSi/c1-8(2)7-12-10-6-4-3-5-9(10)11/h3-6,8H,7H2,1-2H3. The van der Waals surface area contributed by atoms with Crippen molar-refractivity contribution in [3.05, 3.63) is 29.3 Å². The van der Waals surface area contributed by atoms with Gasteiger partial charge < -0.3 is 0 Å². The largest absolute Gasteiger partial charge is 0.0845 e. The fraction of sp³-hybridized carbons (Fsp3) is 0.400. The summed E-state index contributed by atoms with van der Waals surface area (Å²) in [6, 6.07) is 9.34. The summed E-state index contributed by atoms with van der Waals surface area (Å²) in [6.45, 7) is 4.48. The average molecular weight is 197 g/mol. The molecule has 2 radical (unpaired) electrons. The molecule has 0 aliphatic heterocycles. The molecule has 64 valence electrons. The molecule has 1 rings (SSSR count). The maximum absolute atomic E-state index is 6.01. The van der Waals surface area contributed by atoms with Crippen molar-refractivity contribution >= 4 is 26.3 Å². The molecule has 1 aromatic rings. The molecule has 0 N–H and O–H groups in total. The van der Waals surface area contributed by atoms with Crippen LogP contribution in [0.25, 0.3) is 0 Å². The van der Waals surface area contributed by atoms with Gasteiger partial charge in [-0.15, -0.1) is 0 Å². The summed E-state index contributed by atoms with van der Waals surface area (Å²) in [5.41, 5.74) is 0. The Morgan fingerprint density at radius 2 is 2.00 bits per heavy atom. The molecule has 0 saturated carbocycles. The van der Waals surface area contributed by atoms with Gasteiger partial charge in [-0.25, -0.2) is 0 Å². The lowest BCUT2D eigenvalue weighted by molar-refractivity contribution is 0.732. The van der Waals surface area contributed by atoms with Gasteiger partial charge in [-0.1, -0.05) is 49.7 Å². The maximum atomic E-state index is 6.01. The second-order valence-corrected chi connectivity index (χ2v) is 4.96. The Labute approximate surface area is 81.8 Å². The maximum Gasteiger partial charge on any atom is 0.0831 e. The third-order valence-electron chi connectivity index (χ3n) is 1.57. The van der Waals surface area contributed by atoms with E-state index in [0.29, 0.717) is 0 Å². The molecule has 0 atom stereocenters. The summed E-state index contributed by atoms with van der Waals surface area (Å²) >= 11 is 6.01. The van der Waals surface area contributed by atoms with E-state index in [1.807, 2.05) is 12.1 Å². The van der Waals surface area contributed by atoms with Crippen LogP contribution in [0.15, 0.2) is 24.3 Å². The summed E-state index contributed by atoms with van der Waals surface area (Å²) in [7, 11) is 0.852. The minimum absolute atomic E-state index is 0.764. The second kappa shape index (κ2) is 4.68. The van der Waals surface area contributed by atoms with Crippen LogP contribution in [0.4, 0.5) is 0 Å². The van der Waals surface area contributed by atoms with Crippen LogP contribution in [-0.2, 0) is 0 Å². The molecule has 0 unspecified atom stereocenters. The highest BCUT2D eigenvalue weighted by atomic mass is 35.5. The van der Waals surface area contributed by atoms with Crippen LogP contribution >= 0.6 is 11.6 Å². The molecule has 0 aliphatic carbocycles. The first-order chi connectivity index (χ1) is 5.70. The fourth-order valence-electron chi connectivity index (χ4n) is 0.919. The number of halogens is 1.